The van der Waals surface area contributed by atoms with E-state index in [9.17, 15) is 4.79 Å². The van der Waals surface area contributed by atoms with Crippen LogP contribution in [-0.2, 0) is 0 Å². The van der Waals surface area contributed by atoms with E-state index in [0.717, 1.165) is 25.4 Å². The van der Waals surface area contributed by atoms with Crippen LogP contribution in [0.15, 0.2) is 18.2 Å². The molecule has 1 aliphatic heterocycles. The minimum absolute atomic E-state index is 0.0673. The number of benzene rings is 1. The van der Waals surface area contributed by atoms with Gasteiger partial charge in [0.2, 0.25) is 0 Å². The van der Waals surface area contributed by atoms with Gasteiger partial charge < -0.3 is 10.2 Å². The lowest BCUT2D eigenvalue weighted by Crippen LogP contribution is -2.40. The lowest BCUT2D eigenvalue weighted by molar-refractivity contribution is 0.0926. The molecule has 3 nitrogen and oxygen atoms in total. The van der Waals surface area contributed by atoms with Gasteiger partial charge in [0.15, 0.2) is 0 Å². The normalized spacial score (nSPS) is 27.4. The number of rotatable bonds is 4. The molecular weight excluding hydrogens is 331 g/mol. The van der Waals surface area contributed by atoms with E-state index in [-0.39, 0.29) is 11.9 Å². The number of hydrogen-bond acceptors (Lipinski definition) is 2. The summed E-state index contributed by atoms with van der Waals surface area (Å²) in [5, 5.41) is 4.20. The third-order valence-electron chi connectivity index (χ3n) is 5.00. The number of nitrogens with zero attached hydrogens (tertiary/aromatic N) is 1. The van der Waals surface area contributed by atoms with E-state index in [1.54, 1.807) is 18.2 Å². The van der Waals surface area contributed by atoms with E-state index in [1.807, 2.05) is 0 Å². The third kappa shape index (κ3) is 4.01. The Morgan fingerprint density at radius 1 is 1.22 bits per heavy atom. The molecule has 1 N–H and O–H groups in total. The van der Waals surface area contributed by atoms with Crippen molar-refractivity contribution in [3.8, 4) is 0 Å². The van der Waals surface area contributed by atoms with E-state index < -0.39 is 0 Å². The predicted octanol–water partition coefficient (Wildman–Crippen LogP) is 4.09. The van der Waals surface area contributed by atoms with E-state index >= 15 is 0 Å². The first kappa shape index (κ1) is 17.1. The number of carbonyl (C=O) groups is 1. The van der Waals surface area contributed by atoms with Crippen molar-refractivity contribution in [2.45, 2.75) is 32.7 Å². The Morgan fingerprint density at radius 3 is 2.57 bits per heavy atom. The minimum Gasteiger partial charge on any atom is -0.349 e. The maximum absolute atomic E-state index is 12.5. The van der Waals surface area contributed by atoms with Gasteiger partial charge in [0.05, 0.1) is 0 Å². The molecule has 1 aromatic carbocycles. The smallest absolute Gasteiger partial charge is 0.251 e. The lowest BCUT2D eigenvalue weighted by atomic mass is 9.97. The number of hydrogen-bond donors (Lipinski definition) is 1. The highest BCUT2D eigenvalue weighted by Crippen LogP contribution is 2.38. The highest BCUT2D eigenvalue weighted by Gasteiger charge is 2.43. The molecule has 0 bridgehead atoms. The van der Waals surface area contributed by atoms with Gasteiger partial charge in [0, 0.05) is 41.3 Å². The van der Waals surface area contributed by atoms with Crippen LogP contribution in [0.5, 0.6) is 0 Å². The highest BCUT2D eigenvalue weighted by atomic mass is 35.5. The molecule has 0 radical (unpaired) electrons. The molecular formula is C18H24Cl2N2O. The van der Waals surface area contributed by atoms with Crippen molar-refractivity contribution in [2.75, 3.05) is 19.6 Å². The maximum Gasteiger partial charge on any atom is 0.251 e. The standard InChI is InChI=1S/C18H24Cl2N2O/c1-11(2)8-22-9-12-3-4-17(16(12)10-22)21-18(23)13-5-14(19)7-15(20)6-13/h5-7,11-12,16-17H,3-4,8-10H2,1-2H3,(H,21,23). The number of fused-ring (bicyclic) bond motifs is 1. The van der Waals surface area contributed by atoms with Crippen molar-refractivity contribution >= 4 is 29.1 Å². The molecule has 1 amide bonds. The Balaban J connectivity index is 1.63. The average molecular weight is 355 g/mol. The number of nitrogens with one attached hydrogen (secondary N) is 1. The monoisotopic (exact) mass is 354 g/mol. The van der Waals surface area contributed by atoms with Gasteiger partial charge in [-0.2, -0.15) is 0 Å². The fourth-order valence-corrected chi connectivity index (χ4v) is 4.66. The maximum atomic E-state index is 12.5. The minimum atomic E-state index is -0.0673. The van der Waals surface area contributed by atoms with E-state index in [0.29, 0.717) is 27.4 Å². The van der Waals surface area contributed by atoms with Crippen molar-refractivity contribution < 1.29 is 4.79 Å². The van der Waals surface area contributed by atoms with Crippen LogP contribution in [0.25, 0.3) is 0 Å². The van der Waals surface area contributed by atoms with Crippen molar-refractivity contribution in [1.82, 2.24) is 10.2 Å². The molecule has 23 heavy (non-hydrogen) atoms. The summed E-state index contributed by atoms with van der Waals surface area (Å²) in [6.07, 6.45) is 2.28. The summed E-state index contributed by atoms with van der Waals surface area (Å²) in [4.78, 5) is 15.1. The SMILES string of the molecule is CC(C)CN1CC2CCC(NC(=O)c3cc(Cl)cc(Cl)c3)C2C1. The van der Waals surface area contributed by atoms with E-state index in [1.165, 1.54) is 13.0 Å². The van der Waals surface area contributed by atoms with Crippen LogP contribution in [0.4, 0.5) is 0 Å². The molecule has 1 saturated carbocycles. The second-order valence-electron chi connectivity index (χ2n) is 7.35. The zero-order chi connectivity index (χ0) is 16.6. The van der Waals surface area contributed by atoms with Gasteiger partial charge in [-0.1, -0.05) is 37.0 Å². The molecule has 3 rings (SSSR count). The zero-order valence-electron chi connectivity index (χ0n) is 13.7. The van der Waals surface area contributed by atoms with Crippen LogP contribution in [-0.4, -0.2) is 36.5 Å². The van der Waals surface area contributed by atoms with Crippen LogP contribution in [0.1, 0.15) is 37.0 Å². The van der Waals surface area contributed by atoms with Crippen molar-refractivity contribution in [3.05, 3.63) is 33.8 Å². The molecule has 1 saturated heterocycles. The predicted molar refractivity (Wildman–Crippen MR) is 95.2 cm³/mol. The van der Waals surface area contributed by atoms with E-state index in [2.05, 4.69) is 24.1 Å². The molecule has 2 aliphatic rings. The van der Waals surface area contributed by atoms with Crippen LogP contribution < -0.4 is 5.32 Å². The Bertz CT molecular complexity index is 570. The van der Waals surface area contributed by atoms with Gasteiger partial charge >= 0.3 is 0 Å². The second kappa shape index (κ2) is 7.00. The van der Waals surface area contributed by atoms with Crippen molar-refractivity contribution in [3.63, 3.8) is 0 Å². The largest absolute Gasteiger partial charge is 0.349 e. The number of carbonyl (C=O) groups excluding carboxylic acids is 1. The molecule has 1 heterocycles. The Morgan fingerprint density at radius 2 is 1.91 bits per heavy atom. The second-order valence-corrected chi connectivity index (χ2v) is 8.22. The van der Waals surface area contributed by atoms with E-state index in [4.69, 9.17) is 23.2 Å². The molecule has 3 atom stereocenters. The van der Waals surface area contributed by atoms with Gasteiger partial charge in [-0.15, -0.1) is 0 Å². The van der Waals surface area contributed by atoms with Crippen LogP contribution in [0.2, 0.25) is 10.0 Å². The molecule has 5 heteroatoms. The van der Waals surface area contributed by atoms with Crippen LogP contribution >= 0.6 is 23.2 Å². The molecule has 2 fully saturated rings. The zero-order valence-corrected chi connectivity index (χ0v) is 15.2. The third-order valence-corrected chi connectivity index (χ3v) is 5.43. The van der Waals surface area contributed by atoms with Crippen molar-refractivity contribution in [2.24, 2.45) is 17.8 Å². The average Bonchev–Trinajstić information content (AvgIpc) is 2.98. The molecule has 3 unspecified atom stereocenters. The van der Waals surface area contributed by atoms with Crippen LogP contribution in [0, 0.1) is 17.8 Å². The molecule has 1 aromatic rings. The summed E-state index contributed by atoms with van der Waals surface area (Å²) in [5.74, 6) is 1.92. The summed E-state index contributed by atoms with van der Waals surface area (Å²) < 4.78 is 0. The summed E-state index contributed by atoms with van der Waals surface area (Å²) >= 11 is 12.0. The number of likely N-dealkylation sites (tertiary alicyclic amines) is 1. The molecule has 1 aliphatic carbocycles. The molecule has 126 valence electrons. The van der Waals surface area contributed by atoms with Gasteiger partial charge in [0.25, 0.3) is 5.91 Å². The first-order valence-corrected chi connectivity index (χ1v) is 9.17. The number of amides is 1. The Hall–Kier alpha value is -0.770. The Kier molecular flexibility index (Phi) is 5.19. The highest BCUT2D eigenvalue weighted by molar-refractivity contribution is 6.35. The lowest BCUT2D eigenvalue weighted by Gasteiger charge is -2.23. The Labute approximate surface area is 148 Å². The first-order valence-electron chi connectivity index (χ1n) is 8.41. The van der Waals surface area contributed by atoms with Gasteiger partial charge in [-0.25, -0.2) is 0 Å². The quantitative estimate of drug-likeness (QED) is 0.882. The van der Waals surface area contributed by atoms with Gasteiger partial charge in [-0.3, -0.25) is 4.79 Å². The number of halogens is 2. The molecule has 0 aromatic heterocycles. The fraction of sp³-hybridized carbons (Fsp3) is 0.611. The fourth-order valence-electron chi connectivity index (χ4n) is 4.14. The summed E-state index contributed by atoms with van der Waals surface area (Å²) in [7, 11) is 0. The summed E-state index contributed by atoms with van der Waals surface area (Å²) in [5.41, 5.74) is 0.544. The van der Waals surface area contributed by atoms with Gasteiger partial charge in [0.1, 0.15) is 0 Å². The molecule has 0 spiro atoms. The summed E-state index contributed by atoms with van der Waals surface area (Å²) in [6.45, 7) is 7.95. The summed E-state index contributed by atoms with van der Waals surface area (Å²) in [6, 6.07) is 5.26. The topological polar surface area (TPSA) is 32.3 Å². The van der Waals surface area contributed by atoms with Gasteiger partial charge in [-0.05, 0) is 48.8 Å². The van der Waals surface area contributed by atoms with Crippen molar-refractivity contribution in [1.29, 1.82) is 0 Å². The van der Waals surface area contributed by atoms with Crippen LogP contribution in [0.3, 0.4) is 0 Å². The first-order chi connectivity index (χ1) is 10.9.